The number of fused-ring (bicyclic) bond motifs is 1. The predicted octanol–water partition coefficient (Wildman–Crippen LogP) is 3.37. The van der Waals surface area contributed by atoms with Gasteiger partial charge in [0.25, 0.3) is 5.91 Å². The first-order valence-corrected chi connectivity index (χ1v) is 11.1. The lowest BCUT2D eigenvalue weighted by Gasteiger charge is -2.32. The maximum atomic E-state index is 12.9. The van der Waals surface area contributed by atoms with Crippen molar-refractivity contribution in [1.82, 2.24) is 20.2 Å². The molecule has 0 spiro atoms. The molecular formula is C22H29N5OS. The van der Waals surface area contributed by atoms with Crippen LogP contribution in [-0.4, -0.2) is 60.0 Å². The molecule has 1 atom stereocenters. The lowest BCUT2D eigenvalue weighted by atomic mass is 9.96. The molecule has 154 valence electrons. The number of para-hydroxylation sites is 1. The SMILES string of the molecule is CC(C)C(Cc1c[nH]c2ccccc12)NC(=O)c1cnc(N2CCN(C)CC2)s1. The van der Waals surface area contributed by atoms with Gasteiger partial charge in [0.1, 0.15) is 4.88 Å². The average molecular weight is 412 g/mol. The third kappa shape index (κ3) is 4.46. The highest BCUT2D eigenvalue weighted by molar-refractivity contribution is 7.17. The summed E-state index contributed by atoms with van der Waals surface area (Å²) in [5, 5.41) is 5.42. The van der Waals surface area contributed by atoms with Crippen LogP contribution < -0.4 is 10.2 Å². The summed E-state index contributed by atoms with van der Waals surface area (Å²) in [5.41, 5.74) is 2.37. The molecule has 0 aliphatic carbocycles. The van der Waals surface area contributed by atoms with Crippen molar-refractivity contribution in [2.24, 2.45) is 5.92 Å². The number of nitrogens with one attached hydrogen (secondary N) is 2. The van der Waals surface area contributed by atoms with E-state index in [-0.39, 0.29) is 11.9 Å². The smallest absolute Gasteiger partial charge is 0.263 e. The van der Waals surface area contributed by atoms with Crippen molar-refractivity contribution in [2.45, 2.75) is 26.3 Å². The molecule has 0 bridgehead atoms. The number of hydrogen-bond donors (Lipinski definition) is 2. The van der Waals surface area contributed by atoms with E-state index in [1.165, 1.54) is 22.3 Å². The van der Waals surface area contributed by atoms with Gasteiger partial charge in [0, 0.05) is 49.3 Å². The monoisotopic (exact) mass is 411 g/mol. The van der Waals surface area contributed by atoms with Gasteiger partial charge in [0.05, 0.1) is 6.20 Å². The van der Waals surface area contributed by atoms with E-state index in [0.29, 0.717) is 10.8 Å². The fourth-order valence-electron chi connectivity index (χ4n) is 3.74. The molecule has 0 saturated carbocycles. The Morgan fingerprint density at radius 1 is 1.24 bits per heavy atom. The average Bonchev–Trinajstić information content (AvgIpc) is 3.36. The number of hydrogen-bond acceptors (Lipinski definition) is 5. The van der Waals surface area contributed by atoms with Crippen molar-refractivity contribution < 1.29 is 4.79 Å². The molecule has 0 radical (unpaired) electrons. The molecule has 6 nitrogen and oxygen atoms in total. The van der Waals surface area contributed by atoms with Gasteiger partial charge in [-0.25, -0.2) is 4.98 Å². The summed E-state index contributed by atoms with van der Waals surface area (Å²) in [6, 6.07) is 8.37. The Labute approximate surface area is 175 Å². The Hall–Kier alpha value is -2.38. The van der Waals surface area contributed by atoms with Crippen molar-refractivity contribution >= 4 is 33.3 Å². The standard InChI is InChI=1S/C22H29N5OS/c1-15(2)19(12-16-13-23-18-7-5-4-6-17(16)18)25-21(28)20-14-24-22(29-20)27-10-8-26(3)9-11-27/h4-7,13-15,19,23H,8-12H2,1-3H3,(H,25,28). The number of aromatic amines is 1. The summed E-state index contributed by atoms with van der Waals surface area (Å²) >= 11 is 1.49. The first-order chi connectivity index (χ1) is 14.0. The third-order valence-electron chi connectivity index (χ3n) is 5.73. The second-order valence-corrected chi connectivity index (χ2v) is 9.19. The highest BCUT2D eigenvalue weighted by atomic mass is 32.1. The number of aromatic nitrogens is 2. The second-order valence-electron chi connectivity index (χ2n) is 8.19. The minimum atomic E-state index is -0.0265. The molecule has 7 heteroatoms. The van der Waals surface area contributed by atoms with Crippen molar-refractivity contribution in [1.29, 1.82) is 0 Å². The molecular weight excluding hydrogens is 382 g/mol. The van der Waals surface area contributed by atoms with E-state index in [4.69, 9.17) is 0 Å². The van der Waals surface area contributed by atoms with E-state index in [1.807, 2.05) is 6.07 Å². The molecule has 1 unspecified atom stereocenters. The quantitative estimate of drug-likeness (QED) is 0.653. The van der Waals surface area contributed by atoms with Gasteiger partial charge < -0.3 is 20.1 Å². The highest BCUT2D eigenvalue weighted by Gasteiger charge is 2.22. The number of nitrogens with zero attached hydrogens (tertiary/aromatic N) is 3. The topological polar surface area (TPSA) is 64.3 Å². The van der Waals surface area contributed by atoms with Crippen LogP contribution in [0, 0.1) is 5.92 Å². The van der Waals surface area contributed by atoms with Crippen molar-refractivity contribution in [3.05, 3.63) is 47.1 Å². The van der Waals surface area contributed by atoms with Gasteiger partial charge in [-0.2, -0.15) is 0 Å². The van der Waals surface area contributed by atoms with Crippen LogP contribution in [0.15, 0.2) is 36.7 Å². The normalized spacial score (nSPS) is 16.5. The summed E-state index contributed by atoms with van der Waals surface area (Å²) in [6.45, 7) is 8.28. The van der Waals surface area contributed by atoms with E-state index in [2.05, 4.69) is 70.4 Å². The largest absolute Gasteiger partial charge is 0.361 e. The van der Waals surface area contributed by atoms with Crippen LogP contribution in [0.3, 0.4) is 0 Å². The number of piperazine rings is 1. The molecule has 29 heavy (non-hydrogen) atoms. The molecule has 1 saturated heterocycles. The van der Waals surface area contributed by atoms with Crippen LogP contribution >= 0.6 is 11.3 Å². The highest BCUT2D eigenvalue weighted by Crippen LogP contribution is 2.25. The summed E-state index contributed by atoms with van der Waals surface area (Å²) < 4.78 is 0. The number of anilines is 1. The Morgan fingerprint density at radius 2 is 2.00 bits per heavy atom. The molecule has 1 fully saturated rings. The minimum absolute atomic E-state index is 0.0265. The van der Waals surface area contributed by atoms with E-state index in [0.717, 1.165) is 43.2 Å². The minimum Gasteiger partial charge on any atom is -0.361 e. The summed E-state index contributed by atoms with van der Waals surface area (Å²) in [7, 11) is 2.14. The fraction of sp³-hybridized carbons (Fsp3) is 0.455. The molecule has 1 aliphatic rings. The van der Waals surface area contributed by atoms with Crippen LogP contribution in [0.2, 0.25) is 0 Å². The molecule has 2 N–H and O–H groups in total. The maximum absolute atomic E-state index is 12.9. The van der Waals surface area contributed by atoms with Gasteiger partial charge in [-0.15, -0.1) is 0 Å². The van der Waals surface area contributed by atoms with E-state index in [9.17, 15) is 4.79 Å². The van der Waals surface area contributed by atoms with Crippen LogP contribution in [0.5, 0.6) is 0 Å². The zero-order valence-electron chi connectivity index (χ0n) is 17.3. The molecule has 2 aromatic heterocycles. The molecule has 1 aliphatic heterocycles. The van der Waals surface area contributed by atoms with Crippen molar-refractivity contribution in [3.63, 3.8) is 0 Å². The third-order valence-corrected chi connectivity index (χ3v) is 6.78. The summed E-state index contributed by atoms with van der Waals surface area (Å²) in [6.07, 6.45) is 4.58. The number of thiazole rings is 1. The number of rotatable bonds is 6. The van der Waals surface area contributed by atoms with Gasteiger partial charge in [0.2, 0.25) is 0 Å². The van der Waals surface area contributed by atoms with Gasteiger partial charge in [-0.1, -0.05) is 43.4 Å². The lowest BCUT2D eigenvalue weighted by molar-refractivity contribution is 0.0930. The zero-order chi connectivity index (χ0) is 20.4. The van der Waals surface area contributed by atoms with Gasteiger partial charge >= 0.3 is 0 Å². The van der Waals surface area contributed by atoms with Crippen LogP contribution in [0.25, 0.3) is 10.9 Å². The first-order valence-electron chi connectivity index (χ1n) is 10.3. The molecule has 4 rings (SSSR count). The number of benzene rings is 1. The number of carbonyl (C=O) groups excluding carboxylic acids is 1. The Morgan fingerprint density at radius 3 is 2.76 bits per heavy atom. The summed E-state index contributed by atoms with van der Waals surface area (Å²) in [4.78, 5) is 26.0. The van der Waals surface area contributed by atoms with E-state index >= 15 is 0 Å². The predicted molar refractivity (Wildman–Crippen MR) is 120 cm³/mol. The first kappa shape index (κ1) is 19.9. The summed E-state index contributed by atoms with van der Waals surface area (Å²) in [5.74, 6) is 0.305. The van der Waals surface area contributed by atoms with E-state index in [1.54, 1.807) is 6.20 Å². The van der Waals surface area contributed by atoms with Crippen LogP contribution in [0.1, 0.15) is 29.1 Å². The number of carbonyl (C=O) groups is 1. The maximum Gasteiger partial charge on any atom is 0.263 e. The fourth-order valence-corrected chi connectivity index (χ4v) is 4.61. The molecule has 3 aromatic rings. The molecule has 1 aromatic carbocycles. The Bertz CT molecular complexity index is 970. The zero-order valence-corrected chi connectivity index (χ0v) is 18.1. The van der Waals surface area contributed by atoms with Gasteiger partial charge in [0.15, 0.2) is 5.13 Å². The number of amides is 1. The van der Waals surface area contributed by atoms with Crippen molar-refractivity contribution in [3.8, 4) is 0 Å². The van der Waals surface area contributed by atoms with Gasteiger partial charge in [-0.05, 0) is 31.0 Å². The lowest BCUT2D eigenvalue weighted by Crippen LogP contribution is -2.44. The Balaban J connectivity index is 1.44. The van der Waals surface area contributed by atoms with Crippen LogP contribution in [0.4, 0.5) is 5.13 Å². The van der Waals surface area contributed by atoms with Crippen molar-refractivity contribution in [2.75, 3.05) is 38.1 Å². The second kappa shape index (κ2) is 8.55. The Kier molecular flexibility index (Phi) is 5.87. The number of likely N-dealkylation sites (N-methyl/N-ethyl adjacent to an activating group) is 1. The molecule has 3 heterocycles. The molecule has 1 amide bonds. The van der Waals surface area contributed by atoms with E-state index < -0.39 is 0 Å². The van der Waals surface area contributed by atoms with Crippen LogP contribution in [-0.2, 0) is 6.42 Å². The number of H-pyrrole nitrogens is 1. The van der Waals surface area contributed by atoms with Gasteiger partial charge in [-0.3, -0.25) is 4.79 Å².